The highest BCUT2D eigenvalue weighted by atomic mass is 16.4. The van der Waals surface area contributed by atoms with Crippen LogP contribution in [0.4, 0.5) is 0 Å². The molecular weight excluding hydrogens is 278 g/mol. The average molecular weight is 303 g/mol. The summed E-state index contributed by atoms with van der Waals surface area (Å²) in [7, 11) is 2.15. The zero-order chi connectivity index (χ0) is 15.7. The predicted molar refractivity (Wildman–Crippen MR) is 84.8 cm³/mol. The highest BCUT2D eigenvalue weighted by Crippen LogP contribution is 2.51. The van der Waals surface area contributed by atoms with Crippen molar-refractivity contribution in [2.75, 3.05) is 20.1 Å². The largest absolute Gasteiger partial charge is 0.479 e. The van der Waals surface area contributed by atoms with E-state index >= 15 is 0 Å². The van der Waals surface area contributed by atoms with Crippen molar-refractivity contribution in [3.05, 3.63) is 35.4 Å². The minimum atomic E-state index is -1.42. The molecule has 1 aromatic carbocycles. The van der Waals surface area contributed by atoms with Crippen molar-refractivity contribution in [1.82, 2.24) is 4.90 Å². The van der Waals surface area contributed by atoms with E-state index in [4.69, 9.17) is 0 Å². The Bertz CT molecular complexity index is 551. The van der Waals surface area contributed by atoms with Crippen LogP contribution in [-0.2, 0) is 10.2 Å². The van der Waals surface area contributed by atoms with Gasteiger partial charge in [-0.3, -0.25) is 0 Å². The van der Waals surface area contributed by atoms with E-state index in [1.165, 1.54) is 12.8 Å². The maximum Gasteiger partial charge on any atom is 0.337 e. The molecule has 2 fully saturated rings. The fourth-order valence-electron chi connectivity index (χ4n) is 4.61. The summed E-state index contributed by atoms with van der Waals surface area (Å²) in [5.74, 6) is -0.605. The van der Waals surface area contributed by atoms with Gasteiger partial charge in [-0.1, -0.05) is 37.1 Å². The minimum absolute atomic E-state index is 0.0395. The number of benzene rings is 1. The van der Waals surface area contributed by atoms with Gasteiger partial charge < -0.3 is 15.1 Å². The first-order chi connectivity index (χ1) is 10.5. The number of rotatable bonds is 4. The van der Waals surface area contributed by atoms with E-state index in [2.05, 4.69) is 11.9 Å². The number of hydrogen-bond donors (Lipinski definition) is 2. The molecule has 22 heavy (non-hydrogen) atoms. The second-order valence-electron chi connectivity index (χ2n) is 6.94. The SMILES string of the molecule is CN1CCC(C2(c3ccccc3C(O)C(=O)O)CCCC2)C1. The lowest BCUT2D eigenvalue weighted by molar-refractivity contribution is -0.147. The molecule has 1 aliphatic carbocycles. The number of carboxylic acids is 1. The number of aliphatic hydroxyl groups is 1. The molecule has 2 aliphatic rings. The molecule has 0 bridgehead atoms. The van der Waals surface area contributed by atoms with Crippen LogP contribution < -0.4 is 0 Å². The molecule has 1 aliphatic heterocycles. The van der Waals surface area contributed by atoms with Gasteiger partial charge in [0.1, 0.15) is 0 Å². The number of aliphatic hydroxyl groups excluding tert-OH is 1. The Morgan fingerprint density at radius 1 is 1.32 bits per heavy atom. The van der Waals surface area contributed by atoms with Crippen molar-refractivity contribution in [3.8, 4) is 0 Å². The van der Waals surface area contributed by atoms with Crippen LogP contribution in [0.25, 0.3) is 0 Å². The molecule has 0 radical (unpaired) electrons. The van der Waals surface area contributed by atoms with Crippen molar-refractivity contribution in [2.24, 2.45) is 5.92 Å². The third kappa shape index (κ3) is 2.55. The summed E-state index contributed by atoms with van der Waals surface area (Å²) in [6.07, 6.45) is 4.33. The summed E-state index contributed by atoms with van der Waals surface area (Å²) < 4.78 is 0. The number of likely N-dealkylation sites (tertiary alicyclic amines) is 1. The van der Waals surface area contributed by atoms with Crippen LogP contribution >= 0.6 is 0 Å². The van der Waals surface area contributed by atoms with E-state index in [0.29, 0.717) is 11.5 Å². The highest BCUT2D eigenvalue weighted by molar-refractivity contribution is 5.74. The van der Waals surface area contributed by atoms with Gasteiger partial charge in [-0.2, -0.15) is 0 Å². The number of hydrogen-bond acceptors (Lipinski definition) is 3. The molecule has 1 saturated carbocycles. The van der Waals surface area contributed by atoms with Gasteiger partial charge in [0, 0.05) is 6.54 Å². The summed E-state index contributed by atoms with van der Waals surface area (Å²) in [5.41, 5.74) is 1.70. The second-order valence-corrected chi connectivity index (χ2v) is 6.94. The molecule has 2 atom stereocenters. The van der Waals surface area contributed by atoms with Crippen molar-refractivity contribution in [2.45, 2.75) is 43.6 Å². The third-order valence-corrected chi connectivity index (χ3v) is 5.69. The third-order valence-electron chi connectivity index (χ3n) is 5.69. The first-order valence-corrected chi connectivity index (χ1v) is 8.23. The Kier molecular flexibility index (Phi) is 4.24. The topological polar surface area (TPSA) is 60.8 Å². The molecule has 4 nitrogen and oxygen atoms in total. The molecule has 0 spiro atoms. The number of nitrogens with zero attached hydrogens (tertiary/aromatic N) is 1. The van der Waals surface area contributed by atoms with Crippen LogP contribution in [0.1, 0.15) is 49.3 Å². The molecule has 3 rings (SSSR count). The van der Waals surface area contributed by atoms with Gasteiger partial charge in [0.25, 0.3) is 0 Å². The Hall–Kier alpha value is -1.39. The highest BCUT2D eigenvalue weighted by Gasteiger charge is 2.46. The maximum absolute atomic E-state index is 11.3. The molecule has 2 unspecified atom stereocenters. The fourth-order valence-corrected chi connectivity index (χ4v) is 4.61. The number of carbonyl (C=O) groups is 1. The van der Waals surface area contributed by atoms with Crippen LogP contribution in [0, 0.1) is 5.92 Å². The van der Waals surface area contributed by atoms with Gasteiger partial charge >= 0.3 is 5.97 Å². The van der Waals surface area contributed by atoms with Crippen molar-refractivity contribution in [1.29, 1.82) is 0 Å². The van der Waals surface area contributed by atoms with Gasteiger partial charge in [-0.05, 0) is 55.3 Å². The van der Waals surface area contributed by atoms with E-state index in [-0.39, 0.29) is 5.41 Å². The molecule has 2 N–H and O–H groups in total. The van der Waals surface area contributed by atoms with Crippen LogP contribution in [-0.4, -0.2) is 41.2 Å². The summed E-state index contributed by atoms with van der Waals surface area (Å²) in [4.78, 5) is 13.6. The Labute approximate surface area is 131 Å². The molecule has 120 valence electrons. The summed E-state index contributed by atoms with van der Waals surface area (Å²) in [5, 5.41) is 19.4. The van der Waals surface area contributed by atoms with Crippen LogP contribution in [0.15, 0.2) is 24.3 Å². The van der Waals surface area contributed by atoms with E-state index < -0.39 is 12.1 Å². The normalized spacial score (nSPS) is 26.2. The fraction of sp³-hybridized carbons (Fsp3) is 0.611. The zero-order valence-corrected chi connectivity index (χ0v) is 13.2. The quantitative estimate of drug-likeness (QED) is 0.897. The van der Waals surface area contributed by atoms with Gasteiger partial charge in [-0.25, -0.2) is 4.79 Å². The lowest BCUT2D eigenvalue weighted by Crippen LogP contribution is -2.36. The standard InChI is InChI=1S/C18H25NO3/c1-19-11-8-13(12-19)18(9-4-5-10-18)15-7-3-2-6-14(15)16(20)17(21)22/h2-3,6-7,13,16,20H,4-5,8-12H2,1H3,(H,21,22). The van der Waals surface area contributed by atoms with E-state index in [9.17, 15) is 15.0 Å². The first kappa shape index (κ1) is 15.5. The van der Waals surface area contributed by atoms with Gasteiger partial charge in [0.05, 0.1) is 0 Å². The minimum Gasteiger partial charge on any atom is -0.479 e. The van der Waals surface area contributed by atoms with Gasteiger partial charge in [-0.15, -0.1) is 0 Å². The summed E-state index contributed by atoms with van der Waals surface area (Å²) in [6.45, 7) is 2.17. The Morgan fingerprint density at radius 2 is 2.00 bits per heavy atom. The van der Waals surface area contributed by atoms with Crippen molar-refractivity contribution < 1.29 is 15.0 Å². The van der Waals surface area contributed by atoms with Crippen molar-refractivity contribution >= 4 is 5.97 Å². The lowest BCUT2D eigenvalue weighted by Gasteiger charge is -2.38. The molecule has 4 heteroatoms. The average Bonchev–Trinajstić information content (AvgIpc) is 3.16. The first-order valence-electron chi connectivity index (χ1n) is 8.23. The second kappa shape index (κ2) is 6.01. The maximum atomic E-state index is 11.3. The molecule has 0 aromatic heterocycles. The van der Waals surface area contributed by atoms with Crippen LogP contribution in [0.5, 0.6) is 0 Å². The predicted octanol–water partition coefficient (Wildman–Crippen LogP) is 2.57. The van der Waals surface area contributed by atoms with E-state index in [1.807, 2.05) is 18.2 Å². The van der Waals surface area contributed by atoms with E-state index in [1.54, 1.807) is 6.07 Å². The van der Waals surface area contributed by atoms with Crippen LogP contribution in [0.3, 0.4) is 0 Å². The number of aliphatic carboxylic acids is 1. The van der Waals surface area contributed by atoms with Gasteiger partial charge in [0.2, 0.25) is 0 Å². The van der Waals surface area contributed by atoms with Gasteiger partial charge in [0.15, 0.2) is 6.10 Å². The monoisotopic (exact) mass is 303 g/mol. The summed E-state index contributed by atoms with van der Waals surface area (Å²) in [6, 6.07) is 7.64. The molecule has 1 saturated heterocycles. The summed E-state index contributed by atoms with van der Waals surface area (Å²) >= 11 is 0. The molecule has 1 aromatic rings. The van der Waals surface area contributed by atoms with E-state index in [0.717, 1.165) is 37.9 Å². The Balaban J connectivity index is 2.04. The number of carboxylic acid groups (broad SMARTS) is 1. The molecule has 0 amide bonds. The lowest BCUT2D eigenvalue weighted by atomic mass is 9.66. The smallest absolute Gasteiger partial charge is 0.337 e. The van der Waals surface area contributed by atoms with Crippen molar-refractivity contribution in [3.63, 3.8) is 0 Å². The Morgan fingerprint density at radius 3 is 2.59 bits per heavy atom. The molecular formula is C18H25NO3. The van der Waals surface area contributed by atoms with Crippen LogP contribution in [0.2, 0.25) is 0 Å². The molecule has 1 heterocycles. The zero-order valence-electron chi connectivity index (χ0n) is 13.2.